The quantitative estimate of drug-likeness (QED) is 0.808. The molecule has 0 radical (unpaired) electrons. The first kappa shape index (κ1) is 19.4. The van der Waals surface area contributed by atoms with Gasteiger partial charge in [0.05, 0.1) is 4.90 Å². The van der Waals surface area contributed by atoms with Crippen molar-refractivity contribution in [1.82, 2.24) is 9.21 Å². The smallest absolute Gasteiger partial charge is 0.243 e. The lowest BCUT2D eigenvalue weighted by Gasteiger charge is -2.34. The lowest BCUT2D eigenvalue weighted by molar-refractivity contribution is -0.135. The summed E-state index contributed by atoms with van der Waals surface area (Å²) in [6.07, 6.45) is 3.36. The van der Waals surface area contributed by atoms with Gasteiger partial charge in [-0.15, -0.1) is 0 Å². The highest BCUT2D eigenvalue weighted by Crippen LogP contribution is 2.29. The first-order valence-corrected chi connectivity index (χ1v) is 11.2. The van der Waals surface area contributed by atoms with Gasteiger partial charge in [-0.1, -0.05) is 32.9 Å². The topological polar surface area (TPSA) is 57.7 Å². The summed E-state index contributed by atoms with van der Waals surface area (Å²) in [6, 6.07) is 6.55. The van der Waals surface area contributed by atoms with E-state index in [4.69, 9.17) is 0 Å². The van der Waals surface area contributed by atoms with E-state index in [-0.39, 0.29) is 10.8 Å². The Morgan fingerprint density at radius 2 is 1.65 bits per heavy atom. The molecule has 0 unspecified atom stereocenters. The second-order valence-corrected chi connectivity index (χ2v) is 9.90. The van der Waals surface area contributed by atoms with Crippen LogP contribution in [0.25, 0.3) is 0 Å². The first-order chi connectivity index (χ1) is 12.3. The van der Waals surface area contributed by atoms with Gasteiger partial charge in [-0.3, -0.25) is 4.79 Å². The second kappa shape index (κ2) is 7.69. The number of carbonyl (C=O) groups excluding carboxylic acids is 1. The average Bonchev–Trinajstić information content (AvgIpc) is 3.12. The van der Waals surface area contributed by atoms with Crippen LogP contribution in [0.2, 0.25) is 0 Å². The minimum absolute atomic E-state index is 0.0169. The molecular formula is C20H30N2O3S. The molecule has 2 aliphatic rings. The number of carbonyl (C=O) groups is 1. The normalized spacial score (nSPS) is 22.9. The molecule has 0 saturated carbocycles. The third-order valence-electron chi connectivity index (χ3n) is 5.74. The van der Waals surface area contributed by atoms with Gasteiger partial charge in [0.15, 0.2) is 0 Å². The number of benzene rings is 1. The van der Waals surface area contributed by atoms with Gasteiger partial charge in [-0.05, 0) is 55.2 Å². The summed E-state index contributed by atoms with van der Waals surface area (Å²) in [4.78, 5) is 15.1. The summed E-state index contributed by atoms with van der Waals surface area (Å²) in [5, 5.41) is 0. The molecule has 1 aromatic rings. The van der Waals surface area contributed by atoms with Gasteiger partial charge < -0.3 is 4.90 Å². The number of piperidine rings is 1. The Morgan fingerprint density at radius 1 is 1.04 bits per heavy atom. The molecule has 0 spiro atoms. The number of sulfonamides is 1. The maximum absolute atomic E-state index is 13.1. The monoisotopic (exact) mass is 378 g/mol. The maximum atomic E-state index is 13.1. The van der Waals surface area contributed by atoms with Crippen molar-refractivity contribution in [3.05, 3.63) is 29.8 Å². The van der Waals surface area contributed by atoms with Crippen molar-refractivity contribution < 1.29 is 13.2 Å². The molecule has 0 N–H and O–H groups in total. The number of likely N-dealkylation sites (tertiary alicyclic amines) is 1. The predicted octanol–water partition coefficient (Wildman–Crippen LogP) is 3.22. The summed E-state index contributed by atoms with van der Waals surface area (Å²) >= 11 is 0. The lowest BCUT2D eigenvalue weighted by atomic mass is 9.98. The molecule has 1 atom stereocenters. The molecule has 1 aromatic carbocycles. The molecule has 0 bridgehead atoms. The molecule has 0 aromatic heterocycles. The first-order valence-electron chi connectivity index (χ1n) is 9.71. The van der Waals surface area contributed by atoms with Gasteiger partial charge in [0.25, 0.3) is 0 Å². The van der Waals surface area contributed by atoms with E-state index in [9.17, 15) is 13.2 Å². The predicted molar refractivity (Wildman–Crippen MR) is 102 cm³/mol. The van der Waals surface area contributed by atoms with E-state index in [0.717, 1.165) is 37.9 Å². The van der Waals surface area contributed by atoms with Gasteiger partial charge in [0.1, 0.15) is 6.04 Å². The lowest BCUT2D eigenvalue weighted by Crippen LogP contribution is -2.49. The molecule has 2 aliphatic heterocycles. The van der Waals surface area contributed by atoms with Crippen molar-refractivity contribution >= 4 is 15.9 Å². The van der Waals surface area contributed by atoms with Gasteiger partial charge in [-0.25, -0.2) is 8.42 Å². The Morgan fingerprint density at radius 3 is 2.23 bits per heavy atom. The van der Waals surface area contributed by atoms with Crippen LogP contribution < -0.4 is 0 Å². The maximum Gasteiger partial charge on any atom is 0.243 e. The number of amides is 1. The summed E-state index contributed by atoms with van der Waals surface area (Å²) in [7, 11) is -3.64. The molecule has 6 heteroatoms. The highest BCUT2D eigenvalue weighted by molar-refractivity contribution is 7.89. The fraction of sp³-hybridized carbons (Fsp3) is 0.650. The van der Waals surface area contributed by atoms with E-state index in [1.807, 2.05) is 17.0 Å². The molecule has 3 rings (SSSR count). The van der Waals surface area contributed by atoms with Gasteiger partial charge in [0, 0.05) is 19.6 Å². The molecule has 1 amide bonds. The number of rotatable bonds is 4. The van der Waals surface area contributed by atoms with E-state index in [0.29, 0.717) is 24.8 Å². The third-order valence-corrected chi connectivity index (χ3v) is 7.66. The highest BCUT2D eigenvalue weighted by atomic mass is 32.2. The van der Waals surface area contributed by atoms with Crippen molar-refractivity contribution in [3.8, 4) is 0 Å². The molecule has 5 nitrogen and oxygen atoms in total. The summed E-state index contributed by atoms with van der Waals surface area (Å²) in [6.45, 7) is 8.28. The van der Waals surface area contributed by atoms with Gasteiger partial charge in [0.2, 0.25) is 15.9 Å². The zero-order valence-electron chi connectivity index (χ0n) is 16.0. The molecule has 26 heavy (non-hydrogen) atoms. The van der Waals surface area contributed by atoms with Crippen molar-refractivity contribution in [2.24, 2.45) is 5.92 Å². The average molecular weight is 379 g/mol. The van der Waals surface area contributed by atoms with Crippen molar-refractivity contribution in [1.29, 1.82) is 0 Å². The second-order valence-electron chi connectivity index (χ2n) is 8.01. The number of hydrogen-bond donors (Lipinski definition) is 0. The number of hydrogen-bond acceptors (Lipinski definition) is 3. The van der Waals surface area contributed by atoms with Crippen LogP contribution in [0.15, 0.2) is 29.2 Å². The summed E-state index contributed by atoms with van der Waals surface area (Å²) in [5.41, 5.74) is 1.11. The molecular weight excluding hydrogens is 348 g/mol. The Hall–Kier alpha value is -1.40. The van der Waals surface area contributed by atoms with Crippen molar-refractivity contribution in [2.75, 3.05) is 19.6 Å². The van der Waals surface area contributed by atoms with E-state index >= 15 is 0 Å². The molecule has 2 saturated heterocycles. The van der Waals surface area contributed by atoms with E-state index in [1.54, 1.807) is 12.1 Å². The minimum Gasteiger partial charge on any atom is -0.341 e. The van der Waals surface area contributed by atoms with Crippen LogP contribution in [-0.2, 0) is 14.8 Å². The summed E-state index contributed by atoms with van der Waals surface area (Å²) in [5.74, 6) is 0.980. The molecule has 2 fully saturated rings. The minimum atomic E-state index is -3.64. The largest absolute Gasteiger partial charge is 0.341 e. The Balaban J connectivity index is 1.79. The van der Waals surface area contributed by atoms with Crippen LogP contribution >= 0.6 is 0 Å². The van der Waals surface area contributed by atoms with Crippen molar-refractivity contribution in [2.45, 2.75) is 63.3 Å². The van der Waals surface area contributed by atoms with E-state index in [2.05, 4.69) is 20.8 Å². The van der Waals surface area contributed by atoms with Gasteiger partial charge in [-0.2, -0.15) is 4.31 Å². The zero-order valence-corrected chi connectivity index (χ0v) is 16.8. The standard InChI is InChI=1S/C20H30N2O3S/c1-15(2)17-6-8-18(9-7-17)26(24,25)22-12-4-5-19(22)20(23)21-13-10-16(3)11-14-21/h6-9,15-16,19H,4-5,10-14H2,1-3H3/t19-/m0/s1. The van der Waals surface area contributed by atoms with Gasteiger partial charge >= 0.3 is 0 Å². The fourth-order valence-corrected chi connectivity index (χ4v) is 5.53. The molecule has 144 valence electrons. The van der Waals surface area contributed by atoms with Crippen LogP contribution in [0.4, 0.5) is 0 Å². The number of nitrogens with zero attached hydrogens (tertiary/aromatic N) is 2. The highest BCUT2D eigenvalue weighted by Gasteiger charge is 2.41. The van der Waals surface area contributed by atoms with E-state index < -0.39 is 16.1 Å². The van der Waals surface area contributed by atoms with Crippen LogP contribution in [0, 0.1) is 5.92 Å². The Kier molecular flexibility index (Phi) is 5.72. The van der Waals surface area contributed by atoms with E-state index in [1.165, 1.54) is 4.31 Å². The van der Waals surface area contributed by atoms with Crippen LogP contribution in [-0.4, -0.2) is 49.2 Å². The molecule has 0 aliphatic carbocycles. The zero-order chi connectivity index (χ0) is 18.9. The Bertz CT molecular complexity index is 735. The van der Waals surface area contributed by atoms with Crippen LogP contribution in [0.3, 0.4) is 0 Å². The van der Waals surface area contributed by atoms with Crippen LogP contribution in [0.1, 0.15) is 57.9 Å². The fourth-order valence-electron chi connectivity index (χ4n) is 3.87. The molecule has 2 heterocycles. The summed E-state index contributed by atoms with van der Waals surface area (Å²) < 4.78 is 27.7. The third kappa shape index (κ3) is 3.81. The Labute approximate surface area is 157 Å². The van der Waals surface area contributed by atoms with Crippen LogP contribution in [0.5, 0.6) is 0 Å². The SMILES string of the molecule is CC1CCN(C(=O)[C@@H]2CCCN2S(=O)(=O)c2ccc(C(C)C)cc2)CC1. The van der Waals surface area contributed by atoms with Crippen molar-refractivity contribution in [3.63, 3.8) is 0 Å².